The minimum atomic E-state index is -0.295. The van der Waals surface area contributed by atoms with Crippen LogP contribution in [-0.4, -0.2) is 42.4 Å². The summed E-state index contributed by atoms with van der Waals surface area (Å²) in [6.07, 6.45) is 1.80. The van der Waals surface area contributed by atoms with Gasteiger partial charge in [0.05, 0.1) is 5.92 Å². The van der Waals surface area contributed by atoms with Crippen LogP contribution in [0.25, 0.3) is 0 Å². The number of carbonyl (C=O) groups is 2. The predicted molar refractivity (Wildman–Crippen MR) is 125 cm³/mol. The number of carbonyl (C=O) groups excluding carboxylic acids is 2. The lowest BCUT2D eigenvalue weighted by Gasteiger charge is -2.47. The first-order valence-corrected chi connectivity index (χ1v) is 11.4. The molecule has 4 unspecified atom stereocenters. The Hall–Kier alpha value is -2.08. The highest BCUT2D eigenvalue weighted by Crippen LogP contribution is 2.39. The first-order chi connectivity index (χ1) is 14.7. The molecule has 2 aliphatic heterocycles. The second-order valence-electron chi connectivity index (χ2n) is 8.79. The van der Waals surface area contributed by atoms with Crippen molar-refractivity contribution in [2.45, 2.75) is 44.7 Å². The average Bonchev–Trinajstić information content (AvgIpc) is 2.72. The number of hydrogen-bond donors (Lipinski definition) is 2. The Labute approximate surface area is 193 Å². The number of aryl methyl sites for hydroxylation is 1. The monoisotopic (exact) mass is 459 g/mol. The molecule has 31 heavy (non-hydrogen) atoms. The number of fused-ring (bicyclic) bond motifs is 1. The molecule has 0 radical (unpaired) electrons. The summed E-state index contributed by atoms with van der Waals surface area (Å²) >= 11 is 12.1. The quantitative estimate of drug-likeness (QED) is 0.688. The van der Waals surface area contributed by atoms with Gasteiger partial charge in [-0.25, -0.2) is 0 Å². The van der Waals surface area contributed by atoms with Gasteiger partial charge in [-0.15, -0.1) is 0 Å². The Kier molecular flexibility index (Phi) is 6.29. The molecule has 0 aromatic heterocycles. The number of benzene rings is 2. The fourth-order valence-electron chi connectivity index (χ4n) is 4.90. The van der Waals surface area contributed by atoms with E-state index in [2.05, 4.69) is 17.6 Å². The van der Waals surface area contributed by atoms with Gasteiger partial charge in [0.2, 0.25) is 5.91 Å². The van der Waals surface area contributed by atoms with Crippen molar-refractivity contribution in [3.8, 4) is 0 Å². The van der Waals surface area contributed by atoms with Crippen molar-refractivity contribution in [3.05, 3.63) is 63.1 Å². The molecule has 0 spiro atoms. The Morgan fingerprint density at radius 1 is 1.13 bits per heavy atom. The maximum atomic E-state index is 13.3. The SMILES string of the molecule is Cc1ccc(NC(=O)c2cc(Cl)cc(Cl)c2)cc1C1CC2CNC(C)CC2N(C)C1=O. The van der Waals surface area contributed by atoms with Gasteiger partial charge in [0.25, 0.3) is 5.91 Å². The summed E-state index contributed by atoms with van der Waals surface area (Å²) in [5, 5.41) is 7.28. The zero-order chi connectivity index (χ0) is 22.3. The standard InChI is InChI=1S/C24H27Cl2N3O2/c1-13-4-5-19(28-23(30)15-7-17(25)10-18(26)8-15)11-20(13)21-9-16-12-27-14(2)6-22(16)29(3)24(21)31/h4-5,7-8,10-11,14,16,21-22,27H,6,9,12H2,1-3H3,(H,28,30). The molecular weight excluding hydrogens is 433 g/mol. The molecule has 7 heteroatoms. The third-order valence-corrected chi connectivity index (χ3v) is 7.02. The lowest BCUT2D eigenvalue weighted by atomic mass is 9.75. The van der Waals surface area contributed by atoms with Gasteiger partial charge in [0.15, 0.2) is 0 Å². The van der Waals surface area contributed by atoms with E-state index in [-0.39, 0.29) is 23.8 Å². The number of amides is 2. The first-order valence-electron chi connectivity index (χ1n) is 10.6. The smallest absolute Gasteiger partial charge is 0.255 e. The largest absolute Gasteiger partial charge is 0.342 e. The van der Waals surface area contributed by atoms with Crippen LogP contribution in [0.3, 0.4) is 0 Å². The minimum absolute atomic E-state index is 0.156. The van der Waals surface area contributed by atoms with Gasteiger partial charge in [0.1, 0.15) is 0 Å². The van der Waals surface area contributed by atoms with E-state index in [4.69, 9.17) is 23.2 Å². The zero-order valence-electron chi connectivity index (χ0n) is 17.9. The number of likely N-dealkylation sites (N-methyl/N-ethyl adjacent to an activating group) is 1. The van der Waals surface area contributed by atoms with Crippen molar-refractivity contribution in [2.24, 2.45) is 5.92 Å². The van der Waals surface area contributed by atoms with Gasteiger partial charge in [-0.2, -0.15) is 0 Å². The maximum Gasteiger partial charge on any atom is 0.255 e. The second-order valence-corrected chi connectivity index (χ2v) is 9.67. The average molecular weight is 460 g/mol. The van der Waals surface area contributed by atoms with E-state index in [1.54, 1.807) is 18.2 Å². The predicted octanol–water partition coefficient (Wildman–Crippen LogP) is 4.87. The molecule has 0 bridgehead atoms. The summed E-state index contributed by atoms with van der Waals surface area (Å²) in [5.74, 6) is 0.0782. The first kappa shape index (κ1) is 22.1. The van der Waals surface area contributed by atoms with E-state index >= 15 is 0 Å². The topological polar surface area (TPSA) is 61.4 Å². The van der Waals surface area contributed by atoms with E-state index in [9.17, 15) is 9.59 Å². The number of anilines is 1. The summed E-state index contributed by atoms with van der Waals surface area (Å²) in [7, 11) is 1.92. The summed E-state index contributed by atoms with van der Waals surface area (Å²) in [6.45, 7) is 5.10. The van der Waals surface area contributed by atoms with E-state index in [0.717, 1.165) is 30.5 Å². The number of likely N-dealkylation sites (tertiary alicyclic amines) is 1. The van der Waals surface area contributed by atoms with Gasteiger partial charge >= 0.3 is 0 Å². The number of nitrogens with one attached hydrogen (secondary N) is 2. The molecule has 2 amide bonds. The minimum Gasteiger partial charge on any atom is -0.342 e. The molecule has 2 aromatic rings. The number of hydrogen-bond acceptors (Lipinski definition) is 3. The summed E-state index contributed by atoms with van der Waals surface area (Å²) in [6, 6.07) is 11.2. The Balaban J connectivity index is 1.58. The molecule has 4 atom stereocenters. The number of halogens is 2. The highest BCUT2D eigenvalue weighted by atomic mass is 35.5. The molecule has 2 aromatic carbocycles. The van der Waals surface area contributed by atoms with Crippen LogP contribution in [0.4, 0.5) is 5.69 Å². The van der Waals surface area contributed by atoms with E-state index < -0.39 is 0 Å². The van der Waals surface area contributed by atoms with Crippen LogP contribution in [0.1, 0.15) is 47.2 Å². The van der Waals surface area contributed by atoms with Crippen LogP contribution in [0, 0.1) is 12.8 Å². The molecule has 0 aliphatic carbocycles. The lowest BCUT2D eigenvalue weighted by molar-refractivity contribution is -0.140. The Bertz CT molecular complexity index is 1010. The molecule has 2 fully saturated rings. The van der Waals surface area contributed by atoms with Crippen LogP contribution in [0.2, 0.25) is 10.0 Å². The molecule has 4 rings (SSSR count). The Morgan fingerprint density at radius 2 is 1.84 bits per heavy atom. The van der Waals surface area contributed by atoms with Gasteiger partial charge in [-0.05, 0) is 74.1 Å². The third-order valence-electron chi connectivity index (χ3n) is 6.59. The lowest BCUT2D eigenvalue weighted by Crippen LogP contribution is -2.57. The van der Waals surface area contributed by atoms with Crippen molar-refractivity contribution in [1.29, 1.82) is 0 Å². The number of nitrogens with zero attached hydrogens (tertiary/aromatic N) is 1. The van der Waals surface area contributed by atoms with Crippen molar-refractivity contribution in [2.75, 3.05) is 18.9 Å². The third kappa shape index (κ3) is 4.59. The van der Waals surface area contributed by atoms with Gasteiger partial charge in [-0.3, -0.25) is 9.59 Å². The summed E-state index contributed by atoms with van der Waals surface area (Å²) in [5.41, 5.74) is 3.05. The van der Waals surface area contributed by atoms with Crippen LogP contribution in [0.5, 0.6) is 0 Å². The van der Waals surface area contributed by atoms with Crippen LogP contribution in [-0.2, 0) is 4.79 Å². The van der Waals surface area contributed by atoms with Crippen molar-refractivity contribution >= 4 is 40.7 Å². The van der Waals surface area contributed by atoms with Gasteiger partial charge in [0, 0.05) is 47.0 Å². The van der Waals surface area contributed by atoms with Crippen LogP contribution in [0.15, 0.2) is 36.4 Å². The van der Waals surface area contributed by atoms with Crippen LogP contribution >= 0.6 is 23.2 Å². The Morgan fingerprint density at radius 3 is 2.55 bits per heavy atom. The van der Waals surface area contributed by atoms with Gasteiger partial charge < -0.3 is 15.5 Å². The fraction of sp³-hybridized carbons (Fsp3) is 0.417. The molecule has 164 valence electrons. The van der Waals surface area contributed by atoms with Crippen molar-refractivity contribution in [1.82, 2.24) is 10.2 Å². The molecule has 5 nitrogen and oxygen atoms in total. The van der Waals surface area contributed by atoms with E-state index in [1.807, 2.05) is 37.1 Å². The molecule has 0 saturated carbocycles. The fourth-order valence-corrected chi connectivity index (χ4v) is 5.42. The highest BCUT2D eigenvalue weighted by Gasteiger charge is 2.43. The maximum absolute atomic E-state index is 13.3. The highest BCUT2D eigenvalue weighted by molar-refractivity contribution is 6.35. The number of piperidine rings is 2. The van der Waals surface area contributed by atoms with Gasteiger partial charge in [-0.1, -0.05) is 29.3 Å². The normalized spacial score (nSPS) is 25.8. The molecule has 2 aliphatic rings. The number of rotatable bonds is 3. The molecule has 2 N–H and O–H groups in total. The molecule has 2 heterocycles. The van der Waals surface area contributed by atoms with Crippen molar-refractivity contribution < 1.29 is 9.59 Å². The molecule has 2 saturated heterocycles. The zero-order valence-corrected chi connectivity index (χ0v) is 19.4. The molecular formula is C24H27Cl2N3O2. The summed E-state index contributed by atoms with van der Waals surface area (Å²) < 4.78 is 0. The second kappa shape index (κ2) is 8.81. The van der Waals surface area contributed by atoms with Crippen molar-refractivity contribution in [3.63, 3.8) is 0 Å². The summed E-state index contributed by atoms with van der Waals surface area (Å²) in [4.78, 5) is 27.9. The van der Waals surface area contributed by atoms with E-state index in [1.165, 1.54) is 0 Å². The van der Waals surface area contributed by atoms with Crippen LogP contribution < -0.4 is 10.6 Å². The van der Waals surface area contributed by atoms with E-state index in [0.29, 0.717) is 33.3 Å².